The van der Waals surface area contributed by atoms with Crippen LogP contribution in [0, 0.1) is 0 Å². The molecule has 0 saturated carbocycles. The molecule has 2 unspecified atom stereocenters. The molecule has 1 aromatic carbocycles. The normalized spacial score (nSPS) is 24.2. The lowest BCUT2D eigenvalue weighted by Crippen LogP contribution is -2.46. The molecule has 1 saturated heterocycles. The predicted octanol–water partition coefficient (Wildman–Crippen LogP) is 1.83. The zero-order chi connectivity index (χ0) is 19.9. The summed E-state index contributed by atoms with van der Waals surface area (Å²) in [4.78, 5) is 14.7. The Balaban J connectivity index is 1.53. The lowest BCUT2D eigenvalue weighted by molar-refractivity contribution is 0.110. The molecule has 2 N–H and O–H groups in total. The van der Waals surface area contributed by atoms with E-state index in [1.165, 1.54) is 29.4 Å². The number of benzene rings is 1. The molecular formula is C20H29N3O4S. The number of rotatable bonds is 5. The summed E-state index contributed by atoms with van der Waals surface area (Å²) in [5.41, 5.74) is 5.81. The number of nitrogens with zero attached hydrogens (tertiary/aromatic N) is 1. The van der Waals surface area contributed by atoms with E-state index in [1.54, 1.807) is 0 Å². The Bertz CT molecular complexity index is 852. The summed E-state index contributed by atoms with van der Waals surface area (Å²) in [5.74, 6) is 0. The van der Waals surface area contributed by atoms with E-state index in [4.69, 9.17) is 4.74 Å². The number of hydrogen-bond acceptors (Lipinski definition) is 5. The summed E-state index contributed by atoms with van der Waals surface area (Å²) in [6.45, 7) is 3.66. The summed E-state index contributed by atoms with van der Waals surface area (Å²) in [6, 6.07) is 1.62. The lowest BCUT2D eigenvalue weighted by atomic mass is 9.99. The van der Waals surface area contributed by atoms with Gasteiger partial charge < -0.3 is 10.1 Å². The minimum absolute atomic E-state index is 0.369. The molecule has 28 heavy (non-hydrogen) atoms. The second-order valence-electron chi connectivity index (χ2n) is 8.00. The summed E-state index contributed by atoms with van der Waals surface area (Å²) in [6.07, 6.45) is 5.66. The average Bonchev–Trinajstić information content (AvgIpc) is 3.39. The molecule has 1 aromatic rings. The van der Waals surface area contributed by atoms with Gasteiger partial charge in [0, 0.05) is 25.9 Å². The van der Waals surface area contributed by atoms with Crippen molar-refractivity contribution < 1.29 is 17.9 Å². The number of methoxy groups -OCH3 is 1. The fourth-order valence-electron chi connectivity index (χ4n) is 4.91. The van der Waals surface area contributed by atoms with E-state index < -0.39 is 27.4 Å². The van der Waals surface area contributed by atoms with Crippen molar-refractivity contribution in [2.45, 2.75) is 56.8 Å². The number of likely N-dealkylation sites (tertiary alicyclic amines) is 1. The van der Waals surface area contributed by atoms with E-state index in [0.29, 0.717) is 13.1 Å². The standard InChI is InChI=1S/C20H29N3O4S/c1-3-23-11-17(27-2)18(12-23)28(25,26)22-20(24)21-19-15-8-4-6-13(15)10-14-7-5-9-16(14)19/h10,17-18H,3-9,11-12H2,1-2H3,(H2,21,22,24). The van der Waals surface area contributed by atoms with Crippen LogP contribution in [0.15, 0.2) is 6.07 Å². The monoisotopic (exact) mass is 407 g/mol. The molecular weight excluding hydrogens is 378 g/mol. The molecule has 4 rings (SSSR count). The number of urea groups is 1. The van der Waals surface area contributed by atoms with Crippen LogP contribution in [0.5, 0.6) is 0 Å². The van der Waals surface area contributed by atoms with Crippen LogP contribution in [0.3, 0.4) is 0 Å². The molecule has 1 aliphatic heterocycles. The Kier molecular flexibility index (Phi) is 5.37. The molecule has 1 fully saturated rings. The van der Waals surface area contributed by atoms with Crippen molar-refractivity contribution in [1.29, 1.82) is 0 Å². The Morgan fingerprint density at radius 3 is 2.36 bits per heavy atom. The van der Waals surface area contributed by atoms with Crippen molar-refractivity contribution in [3.05, 3.63) is 28.3 Å². The van der Waals surface area contributed by atoms with Gasteiger partial charge in [-0.3, -0.25) is 4.90 Å². The number of aryl methyl sites for hydroxylation is 2. The van der Waals surface area contributed by atoms with Crippen molar-refractivity contribution in [2.75, 3.05) is 32.1 Å². The molecule has 0 aromatic heterocycles. The lowest BCUT2D eigenvalue weighted by Gasteiger charge is -2.20. The molecule has 8 heteroatoms. The smallest absolute Gasteiger partial charge is 0.332 e. The summed E-state index contributed by atoms with van der Waals surface area (Å²) in [7, 11) is -2.32. The molecule has 154 valence electrons. The molecule has 7 nitrogen and oxygen atoms in total. The number of anilines is 1. The summed E-state index contributed by atoms with van der Waals surface area (Å²) < 4.78 is 33.3. The number of likely N-dealkylation sites (N-methyl/N-ethyl adjacent to an activating group) is 1. The molecule has 2 atom stereocenters. The molecule has 2 amide bonds. The van der Waals surface area contributed by atoms with Gasteiger partial charge in [0.05, 0.1) is 6.10 Å². The van der Waals surface area contributed by atoms with E-state index >= 15 is 0 Å². The van der Waals surface area contributed by atoms with Crippen LogP contribution >= 0.6 is 0 Å². The van der Waals surface area contributed by atoms with Crippen LogP contribution < -0.4 is 10.0 Å². The summed E-state index contributed by atoms with van der Waals surface area (Å²) >= 11 is 0. The van der Waals surface area contributed by atoms with Gasteiger partial charge in [0.25, 0.3) is 0 Å². The van der Waals surface area contributed by atoms with Crippen LogP contribution in [0.25, 0.3) is 0 Å². The highest BCUT2D eigenvalue weighted by Crippen LogP contribution is 2.38. The number of carbonyl (C=O) groups excluding carboxylic acids is 1. The van der Waals surface area contributed by atoms with Gasteiger partial charge in [0.15, 0.2) is 0 Å². The van der Waals surface area contributed by atoms with Crippen molar-refractivity contribution in [2.24, 2.45) is 0 Å². The van der Waals surface area contributed by atoms with E-state index in [1.807, 2.05) is 11.8 Å². The molecule has 1 heterocycles. The second kappa shape index (κ2) is 7.65. The Labute approximate surface area is 166 Å². The zero-order valence-electron chi connectivity index (χ0n) is 16.6. The Morgan fingerprint density at radius 2 is 1.79 bits per heavy atom. The van der Waals surface area contributed by atoms with E-state index in [2.05, 4.69) is 16.1 Å². The first kappa shape index (κ1) is 19.7. The predicted molar refractivity (Wildman–Crippen MR) is 108 cm³/mol. The minimum Gasteiger partial charge on any atom is -0.379 e. The van der Waals surface area contributed by atoms with E-state index in [0.717, 1.165) is 50.8 Å². The highest BCUT2D eigenvalue weighted by atomic mass is 32.2. The minimum atomic E-state index is -3.84. The van der Waals surface area contributed by atoms with Gasteiger partial charge in [0.1, 0.15) is 5.25 Å². The highest BCUT2D eigenvalue weighted by molar-refractivity contribution is 7.90. The molecule has 2 aliphatic carbocycles. The number of fused-ring (bicyclic) bond motifs is 2. The number of nitrogens with one attached hydrogen (secondary N) is 2. The number of hydrogen-bond donors (Lipinski definition) is 2. The van der Waals surface area contributed by atoms with Crippen molar-refractivity contribution >= 4 is 21.7 Å². The first-order valence-electron chi connectivity index (χ1n) is 10.2. The van der Waals surface area contributed by atoms with Crippen LogP contribution in [0.1, 0.15) is 42.0 Å². The fourth-order valence-corrected chi connectivity index (χ4v) is 6.38. The Hall–Kier alpha value is -1.64. The van der Waals surface area contributed by atoms with Gasteiger partial charge in [-0.05, 0) is 67.3 Å². The van der Waals surface area contributed by atoms with Crippen LogP contribution in [0.4, 0.5) is 10.5 Å². The second-order valence-corrected chi connectivity index (χ2v) is 9.90. The van der Waals surface area contributed by atoms with E-state index in [-0.39, 0.29) is 0 Å². The van der Waals surface area contributed by atoms with Gasteiger partial charge in [-0.15, -0.1) is 0 Å². The van der Waals surface area contributed by atoms with Crippen LogP contribution in [-0.4, -0.2) is 57.4 Å². The average molecular weight is 408 g/mol. The first-order valence-corrected chi connectivity index (χ1v) is 11.7. The molecule has 0 radical (unpaired) electrons. The zero-order valence-corrected chi connectivity index (χ0v) is 17.4. The third-order valence-corrected chi connectivity index (χ3v) is 8.11. The van der Waals surface area contributed by atoms with Gasteiger partial charge in [-0.25, -0.2) is 17.9 Å². The quantitative estimate of drug-likeness (QED) is 0.778. The number of amides is 2. The van der Waals surface area contributed by atoms with E-state index in [9.17, 15) is 13.2 Å². The maximum atomic E-state index is 12.9. The van der Waals surface area contributed by atoms with Gasteiger partial charge in [-0.2, -0.15) is 0 Å². The van der Waals surface area contributed by atoms with Gasteiger partial charge in [0.2, 0.25) is 10.0 Å². The van der Waals surface area contributed by atoms with Gasteiger partial charge >= 0.3 is 6.03 Å². The SMILES string of the molecule is CCN1CC(OC)C(S(=O)(=O)NC(=O)Nc2c3c(cc4c2CCC4)CCC3)C1. The maximum Gasteiger partial charge on any atom is 0.332 e. The summed E-state index contributed by atoms with van der Waals surface area (Å²) in [5, 5.41) is 2.14. The topological polar surface area (TPSA) is 87.7 Å². The van der Waals surface area contributed by atoms with Crippen LogP contribution in [-0.2, 0) is 40.4 Å². The largest absolute Gasteiger partial charge is 0.379 e. The molecule has 0 bridgehead atoms. The fraction of sp³-hybridized carbons (Fsp3) is 0.650. The first-order chi connectivity index (χ1) is 13.4. The number of sulfonamides is 1. The Morgan fingerprint density at radius 1 is 1.14 bits per heavy atom. The number of carbonyl (C=O) groups is 1. The number of ether oxygens (including phenoxy) is 1. The third-order valence-electron chi connectivity index (χ3n) is 6.39. The van der Waals surface area contributed by atoms with Crippen molar-refractivity contribution in [3.63, 3.8) is 0 Å². The van der Waals surface area contributed by atoms with Crippen LogP contribution in [0.2, 0.25) is 0 Å². The third kappa shape index (κ3) is 3.53. The van der Waals surface area contributed by atoms with Crippen molar-refractivity contribution in [3.8, 4) is 0 Å². The molecule has 3 aliphatic rings. The van der Waals surface area contributed by atoms with Gasteiger partial charge in [-0.1, -0.05) is 13.0 Å². The van der Waals surface area contributed by atoms with Crippen molar-refractivity contribution in [1.82, 2.24) is 9.62 Å². The molecule has 0 spiro atoms. The highest BCUT2D eigenvalue weighted by Gasteiger charge is 2.42. The maximum absolute atomic E-state index is 12.9.